The molecule has 0 aliphatic carbocycles. The maximum atomic E-state index is 6.45. The lowest BCUT2D eigenvalue weighted by Gasteiger charge is -2.27. The molecule has 2 aromatic carbocycles. The van der Waals surface area contributed by atoms with Crippen LogP contribution in [0.15, 0.2) is 60.7 Å². The Kier molecular flexibility index (Phi) is 6.51. The van der Waals surface area contributed by atoms with Crippen LogP contribution in [0.2, 0.25) is 0 Å². The molecule has 0 bridgehead atoms. The second kappa shape index (κ2) is 9.24. The highest BCUT2D eigenvalue weighted by Gasteiger charge is 2.51. The van der Waals surface area contributed by atoms with Crippen LogP contribution < -0.4 is 0 Å². The first-order valence-electron chi connectivity index (χ1n) is 10.1. The Labute approximate surface area is 167 Å². The SMILES string of the molecule is CCCC[C@H]1ON(Cc2ccccc2)[C@@H]2[C@H]1SC[C@H]2OCc1ccccc1. The molecule has 2 fully saturated rings. The molecule has 0 saturated carbocycles. The molecule has 4 rings (SSSR count). The number of benzene rings is 2. The van der Waals surface area contributed by atoms with E-state index in [0.29, 0.717) is 24.0 Å². The molecule has 0 amide bonds. The van der Waals surface area contributed by atoms with Crippen LogP contribution in [-0.4, -0.2) is 34.3 Å². The van der Waals surface area contributed by atoms with Gasteiger partial charge in [-0.25, -0.2) is 0 Å². The fourth-order valence-electron chi connectivity index (χ4n) is 4.05. The maximum absolute atomic E-state index is 6.45. The number of rotatable bonds is 8. The van der Waals surface area contributed by atoms with E-state index in [-0.39, 0.29) is 6.10 Å². The second-order valence-corrected chi connectivity index (χ2v) is 8.68. The maximum Gasteiger partial charge on any atom is 0.0928 e. The summed E-state index contributed by atoms with van der Waals surface area (Å²) in [5.74, 6) is 1.06. The van der Waals surface area contributed by atoms with Gasteiger partial charge in [0.25, 0.3) is 0 Å². The van der Waals surface area contributed by atoms with Crippen molar-refractivity contribution in [2.24, 2.45) is 0 Å². The molecule has 2 aliphatic rings. The molecule has 4 atom stereocenters. The van der Waals surface area contributed by atoms with Crippen LogP contribution in [0.5, 0.6) is 0 Å². The van der Waals surface area contributed by atoms with Gasteiger partial charge < -0.3 is 4.74 Å². The summed E-state index contributed by atoms with van der Waals surface area (Å²) in [5, 5.41) is 2.73. The van der Waals surface area contributed by atoms with E-state index in [1.807, 2.05) is 11.8 Å². The van der Waals surface area contributed by atoms with Gasteiger partial charge in [-0.15, -0.1) is 0 Å². The van der Waals surface area contributed by atoms with Gasteiger partial charge in [-0.05, 0) is 17.5 Å². The highest BCUT2D eigenvalue weighted by Crippen LogP contribution is 2.43. The van der Waals surface area contributed by atoms with Crippen molar-refractivity contribution >= 4 is 11.8 Å². The van der Waals surface area contributed by atoms with Crippen LogP contribution in [0, 0.1) is 0 Å². The van der Waals surface area contributed by atoms with Crippen molar-refractivity contribution < 1.29 is 9.57 Å². The first kappa shape index (κ1) is 19.0. The zero-order valence-electron chi connectivity index (χ0n) is 16.0. The standard InChI is InChI=1S/C23H29NO2S/c1-2-3-14-20-23-22(24(26-20)15-18-10-6-4-7-11-18)21(17-27-23)25-16-19-12-8-5-9-13-19/h4-13,20-23H,2-3,14-17H2,1H3/t20-,21-,22+,23+/m1/s1. The number of thioether (sulfide) groups is 1. The molecule has 0 aromatic heterocycles. The Morgan fingerprint density at radius 2 is 1.74 bits per heavy atom. The number of unbranched alkanes of at least 4 members (excludes halogenated alkanes) is 1. The Hall–Kier alpha value is -1.33. The molecule has 2 saturated heterocycles. The largest absolute Gasteiger partial charge is 0.371 e. The normalized spacial score (nSPS) is 27.7. The Bertz CT molecular complexity index is 696. The van der Waals surface area contributed by atoms with E-state index in [1.165, 1.54) is 24.0 Å². The summed E-state index contributed by atoms with van der Waals surface area (Å²) in [7, 11) is 0. The van der Waals surface area contributed by atoms with E-state index in [1.54, 1.807) is 0 Å². The molecule has 0 unspecified atom stereocenters. The minimum Gasteiger partial charge on any atom is -0.371 e. The third kappa shape index (κ3) is 4.57. The van der Waals surface area contributed by atoms with E-state index >= 15 is 0 Å². The van der Waals surface area contributed by atoms with Crippen LogP contribution in [0.4, 0.5) is 0 Å². The van der Waals surface area contributed by atoms with Crippen molar-refractivity contribution in [1.82, 2.24) is 5.06 Å². The van der Waals surface area contributed by atoms with E-state index in [2.05, 4.69) is 72.7 Å². The van der Waals surface area contributed by atoms with E-state index in [4.69, 9.17) is 9.57 Å². The van der Waals surface area contributed by atoms with Crippen molar-refractivity contribution in [3.63, 3.8) is 0 Å². The number of fused-ring (bicyclic) bond motifs is 1. The average Bonchev–Trinajstić information content (AvgIpc) is 3.28. The van der Waals surface area contributed by atoms with Crippen LogP contribution in [-0.2, 0) is 22.7 Å². The van der Waals surface area contributed by atoms with E-state index in [9.17, 15) is 0 Å². The summed E-state index contributed by atoms with van der Waals surface area (Å²) >= 11 is 2.04. The summed E-state index contributed by atoms with van der Waals surface area (Å²) in [6.07, 6.45) is 4.11. The molecule has 2 aromatic rings. The lowest BCUT2D eigenvalue weighted by molar-refractivity contribution is -0.187. The lowest BCUT2D eigenvalue weighted by atomic mass is 10.0. The van der Waals surface area contributed by atoms with E-state index < -0.39 is 0 Å². The quantitative estimate of drug-likeness (QED) is 0.635. The lowest BCUT2D eigenvalue weighted by Crippen LogP contribution is -2.41. The number of hydroxylamine groups is 2. The average molecular weight is 384 g/mol. The van der Waals surface area contributed by atoms with Gasteiger partial charge in [-0.3, -0.25) is 4.84 Å². The zero-order chi connectivity index (χ0) is 18.5. The third-order valence-electron chi connectivity index (χ3n) is 5.47. The van der Waals surface area contributed by atoms with E-state index in [0.717, 1.165) is 18.7 Å². The van der Waals surface area contributed by atoms with Gasteiger partial charge in [-0.1, -0.05) is 80.4 Å². The predicted octanol–water partition coefficient (Wildman–Crippen LogP) is 5.06. The fraction of sp³-hybridized carbons (Fsp3) is 0.478. The first-order valence-corrected chi connectivity index (χ1v) is 11.1. The van der Waals surface area contributed by atoms with Gasteiger partial charge in [0.15, 0.2) is 0 Å². The Morgan fingerprint density at radius 3 is 2.44 bits per heavy atom. The summed E-state index contributed by atoms with van der Waals surface area (Å²) in [6, 6.07) is 21.4. The van der Waals surface area contributed by atoms with Crippen LogP contribution in [0.25, 0.3) is 0 Å². The highest BCUT2D eigenvalue weighted by atomic mass is 32.2. The Morgan fingerprint density at radius 1 is 1.04 bits per heavy atom. The molecule has 2 aliphatic heterocycles. The summed E-state index contributed by atoms with van der Waals surface area (Å²) in [5.41, 5.74) is 2.54. The van der Waals surface area contributed by atoms with Crippen molar-refractivity contribution in [2.45, 2.75) is 62.8 Å². The fourth-order valence-corrected chi connectivity index (χ4v) is 5.66. The number of hydrogen-bond acceptors (Lipinski definition) is 4. The summed E-state index contributed by atoms with van der Waals surface area (Å²) < 4.78 is 6.38. The summed E-state index contributed by atoms with van der Waals surface area (Å²) in [4.78, 5) is 6.45. The smallest absolute Gasteiger partial charge is 0.0928 e. The van der Waals surface area contributed by atoms with Crippen LogP contribution in [0.3, 0.4) is 0 Å². The molecule has 27 heavy (non-hydrogen) atoms. The molecule has 0 radical (unpaired) electrons. The zero-order valence-corrected chi connectivity index (χ0v) is 16.8. The topological polar surface area (TPSA) is 21.7 Å². The minimum absolute atomic E-state index is 0.218. The molecular formula is C23H29NO2S. The monoisotopic (exact) mass is 383 g/mol. The van der Waals surface area contributed by atoms with Crippen molar-refractivity contribution in [3.8, 4) is 0 Å². The van der Waals surface area contributed by atoms with Crippen molar-refractivity contribution in [3.05, 3.63) is 71.8 Å². The van der Waals surface area contributed by atoms with Gasteiger partial charge in [0.05, 0.1) is 30.1 Å². The molecule has 0 N–H and O–H groups in total. The number of hydrogen-bond donors (Lipinski definition) is 0. The molecule has 2 heterocycles. The van der Waals surface area contributed by atoms with Gasteiger partial charge in [-0.2, -0.15) is 16.8 Å². The number of nitrogens with zero attached hydrogens (tertiary/aromatic N) is 1. The molecule has 3 nitrogen and oxygen atoms in total. The van der Waals surface area contributed by atoms with Gasteiger partial charge >= 0.3 is 0 Å². The predicted molar refractivity (Wildman–Crippen MR) is 111 cm³/mol. The van der Waals surface area contributed by atoms with Crippen LogP contribution >= 0.6 is 11.8 Å². The molecular weight excluding hydrogens is 354 g/mol. The summed E-state index contributed by atoms with van der Waals surface area (Å²) in [6.45, 7) is 3.76. The van der Waals surface area contributed by atoms with Gasteiger partial charge in [0.2, 0.25) is 0 Å². The molecule has 0 spiro atoms. The Balaban J connectivity index is 1.45. The minimum atomic E-state index is 0.218. The highest BCUT2D eigenvalue weighted by molar-refractivity contribution is 8.00. The second-order valence-electron chi connectivity index (χ2n) is 7.47. The van der Waals surface area contributed by atoms with Gasteiger partial charge in [0.1, 0.15) is 0 Å². The van der Waals surface area contributed by atoms with Crippen molar-refractivity contribution in [1.29, 1.82) is 0 Å². The number of ether oxygens (including phenoxy) is 1. The van der Waals surface area contributed by atoms with Gasteiger partial charge in [0, 0.05) is 12.3 Å². The van der Waals surface area contributed by atoms with Crippen LogP contribution in [0.1, 0.15) is 37.3 Å². The molecule has 4 heteroatoms. The third-order valence-corrected chi connectivity index (χ3v) is 6.96. The molecule has 144 valence electrons. The first-order chi connectivity index (χ1) is 13.3. The van der Waals surface area contributed by atoms with Crippen molar-refractivity contribution in [2.75, 3.05) is 5.75 Å².